The first-order chi connectivity index (χ1) is 14.6. The summed E-state index contributed by atoms with van der Waals surface area (Å²) in [5.41, 5.74) is 4.84. The van der Waals surface area contributed by atoms with Crippen molar-refractivity contribution in [2.45, 2.75) is 50.1 Å². The highest BCUT2D eigenvalue weighted by Gasteiger charge is 2.30. The van der Waals surface area contributed by atoms with Crippen molar-refractivity contribution in [3.8, 4) is 0 Å². The largest absolute Gasteiger partial charge is 0.423 e. The molecule has 152 valence electrons. The first-order valence-corrected chi connectivity index (χ1v) is 11.2. The van der Waals surface area contributed by atoms with Gasteiger partial charge in [0.25, 0.3) is 0 Å². The summed E-state index contributed by atoms with van der Waals surface area (Å²) < 4.78 is 7.68. The smallest absolute Gasteiger partial charge is 0.336 e. The van der Waals surface area contributed by atoms with E-state index in [9.17, 15) is 4.79 Å². The van der Waals surface area contributed by atoms with E-state index in [1.165, 1.54) is 24.0 Å². The Hall–Kier alpha value is -2.86. The molecule has 0 aliphatic heterocycles. The molecule has 1 aliphatic carbocycles. The van der Waals surface area contributed by atoms with E-state index >= 15 is 0 Å². The zero-order valence-electron chi connectivity index (χ0n) is 17.1. The SMILES string of the molecule is Cc1cc2oc(=O)cc(CSc3nnc(C4CC4)n3Cc3ccccc3)c2cc1C. The van der Waals surface area contributed by atoms with E-state index in [2.05, 4.69) is 52.0 Å². The Bertz CT molecular complexity index is 1270. The fourth-order valence-corrected chi connectivity index (χ4v) is 4.65. The maximum atomic E-state index is 12.1. The Labute approximate surface area is 179 Å². The number of nitrogens with zero attached hydrogens (tertiary/aromatic N) is 3. The molecule has 1 saturated carbocycles. The molecule has 0 saturated heterocycles. The molecule has 0 atom stereocenters. The van der Waals surface area contributed by atoms with Crippen molar-refractivity contribution >= 4 is 22.7 Å². The lowest BCUT2D eigenvalue weighted by Crippen LogP contribution is -2.06. The molecule has 4 aromatic rings. The zero-order chi connectivity index (χ0) is 20.7. The summed E-state index contributed by atoms with van der Waals surface area (Å²) in [6, 6.07) is 16.1. The number of rotatable bonds is 6. The average molecular weight is 418 g/mol. The van der Waals surface area contributed by atoms with Crippen LogP contribution in [0.1, 0.15) is 46.8 Å². The Morgan fingerprint density at radius 3 is 2.60 bits per heavy atom. The molecule has 2 aromatic carbocycles. The molecule has 1 aliphatic rings. The average Bonchev–Trinajstić information content (AvgIpc) is 3.50. The van der Waals surface area contributed by atoms with E-state index in [4.69, 9.17) is 4.42 Å². The van der Waals surface area contributed by atoms with Gasteiger partial charge < -0.3 is 8.98 Å². The van der Waals surface area contributed by atoms with Crippen molar-refractivity contribution < 1.29 is 4.42 Å². The molecule has 0 unspecified atom stereocenters. The minimum Gasteiger partial charge on any atom is -0.423 e. The lowest BCUT2D eigenvalue weighted by atomic mass is 10.0. The molecule has 0 radical (unpaired) electrons. The highest BCUT2D eigenvalue weighted by molar-refractivity contribution is 7.98. The summed E-state index contributed by atoms with van der Waals surface area (Å²) in [7, 11) is 0. The van der Waals surface area contributed by atoms with Crippen LogP contribution in [0.5, 0.6) is 0 Å². The molecule has 30 heavy (non-hydrogen) atoms. The molecule has 0 N–H and O–H groups in total. The van der Waals surface area contributed by atoms with Crippen LogP contribution >= 0.6 is 11.8 Å². The van der Waals surface area contributed by atoms with E-state index in [1.54, 1.807) is 17.8 Å². The lowest BCUT2D eigenvalue weighted by molar-refractivity contribution is 0.559. The van der Waals surface area contributed by atoms with Crippen LogP contribution in [0.3, 0.4) is 0 Å². The van der Waals surface area contributed by atoms with Gasteiger partial charge in [0.05, 0.1) is 6.54 Å². The fourth-order valence-electron chi connectivity index (χ4n) is 3.71. The van der Waals surface area contributed by atoms with Crippen LogP contribution in [0.15, 0.2) is 62.9 Å². The Kier molecular flexibility index (Phi) is 4.95. The van der Waals surface area contributed by atoms with E-state index < -0.39 is 0 Å². The minimum atomic E-state index is -0.314. The van der Waals surface area contributed by atoms with Gasteiger partial charge >= 0.3 is 5.63 Å². The molecule has 5 nitrogen and oxygen atoms in total. The van der Waals surface area contributed by atoms with Gasteiger partial charge in [-0.05, 0) is 61.1 Å². The highest BCUT2D eigenvalue weighted by atomic mass is 32.2. The summed E-state index contributed by atoms with van der Waals surface area (Å²) in [5.74, 6) is 2.23. The zero-order valence-corrected chi connectivity index (χ0v) is 17.9. The summed E-state index contributed by atoms with van der Waals surface area (Å²) in [6.45, 7) is 4.87. The third-order valence-corrected chi connectivity index (χ3v) is 6.69. The Morgan fingerprint density at radius 2 is 1.83 bits per heavy atom. The van der Waals surface area contributed by atoms with Crippen LogP contribution in [0.4, 0.5) is 0 Å². The summed E-state index contributed by atoms with van der Waals surface area (Å²) in [6.07, 6.45) is 2.36. The number of thioether (sulfide) groups is 1. The first kappa shape index (κ1) is 19.1. The van der Waals surface area contributed by atoms with E-state index in [1.807, 2.05) is 19.1 Å². The minimum absolute atomic E-state index is 0.314. The molecule has 2 heterocycles. The van der Waals surface area contributed by atoms with Crippen LogP contribution in [-0.2, 0) is 12.3 Å². The second-order valence-electron chi connectivity index (χ2n) is 8.00. The van der Waals surface area contributed by atoms with Crippen LogP contribution in [-0.4, -0.2) is 14.8 Å². The van der Waals surface area contributed by atoms with Crippen molar-refractivity contribution in [1.82, 2.24) is 14.8 Å². The van der Waals surface area contributed by atoms with Crippen molar-refractivity contribution in [2.75, 3.05) is 0 Å². The second kappa shape index (κ2) is 7.76. The predicted octanol–water partition coefficient (Wildman–Crippen LogP) is 5.22. The van der Waals surface area contributed by atoms with Crippen molar-refractivity contribution in [1.29, 1.82) is 0 Å². The summed E-state index contributed by atoms with van der Waals surface area (Å²) >= 11 is 1.63. The first-order valence-electron chi connectivity index (χ1n) is 10.2. The maximum absolute atomic E-state index is 12.1. The molecular formula is C24H23N3O2S. The molecule has 0 amide bonds. The van der Waals surface area contributed by atoms with Crippen LogP contribution in [0.2, 0.25) is 0 Å². The molecule has 5 rings (SSSR count). The number of aryl methyl sites for hydroxylation is 2. The van der Waals surface area contributed by atoms with Gasteiger partial charge in [0.2, 0.25) is 0 Å². The third kappa shape index (κ3) is 3.79. The van der Waals surface area contributed by atoms with Gasteiger partial charge in [-0.15, -0.1) is 10.2 Å². The maximum Gasteiger partial charge on any atom is 0.336 e. The predicted molar refractivity (Wildman–Crippen MR) is 119 cm³/mol. The standard InChI is InChI=1S/C24H23N3O2S/c1-15-10-20-19(12-22(28)29-21(20)11-16(15)2)14-30-24-26-25-23(18-8-9-18)27(24)13-17-6-4-3-5-7-17/h3-7,10-12,18H,8-9,13-14H2,1-2H3. The van der Waals surface area contributed by atoms with Crippen LogP contribution < -0.4 is 5.63 Å². The Balaban J connectivity index is 1.47. The van der Waals surface area contributed by atoms with Crippen molar-refractivity contribution in [3.05, 3.63) is 87.0 Å². The van der Waals surface area contributed by atoms with Crippen LogP contribution in [0, 0.1) is 13.8 Å². The quantitative estimate of drug-likeness (QED) is 0.318. The van der Waals surface area contributed by atoms with Gasteiger partial charge in [-0.1, -0.05) is 42.1 Å². The van der Waals surface area contributed by atoms with Gasteiger partial charge in [0.1, 0.15) is 11.4 Å². The van der Waals surface area contributed by atoms with Gasteiger partial charge in [0.15, 0.2) is 5.16 Å². The van der Waals surface area contributed by atoms with Gasteiger partial charge in [-0.3, -0.25) is 0 Å². The normalized spacial score (nSPS) is 13.8. The molecular weight excluding hydrogens is 394 g/mol. The molecule has 1 fully saturated rings. The van der Waals surface area contributed by atoms with E-state index in [-0.39, 0.29) is 5.63 Å². The van der Waals surface area contributed by atoms with Crippen molar-refractivity contribution in [3.63, 3.8) is 0 Å². The highest BCUT2D eigenvalue weighted by Crippen LogP contribution is 2.40. The summed E-state index contributed by atoms with van der Waals surface area (Å²) in [5, 5.41) is 10.9. The van der Waals surface area contributed by atoms with Gasteiger partial charge in [0, 0.05) is 23.1 Å². The second-order valence-corrected chi connectivity index (χ2v) is 8.94. The fraction of sp³-hybridized carbons (Fsp3) is 0.292. The number of fused-ring (bicyclic) bond motifs is 1. The Morgan fingerprint density at radius 1 is 1.07 bits per heavy atom. The molecule has 0 spiro atoms. The number of hydrogen-bond donors (Lipinski definition) is 0. The third-order valence-electron chi connectivity index (χ3n) is 5.67. The number of hydrogen-bond acceptors (Lipinski definition) is 5. The number of aromatic nitrogens is 3. The molecule has 2 aromatic heterocycles. The molecule has 0 bridgehead atoms. The lowest BCUT2D eigenvalue weighted by Gasteiger charge is -2.11. The monoisotopic (exact) mass is 417 g/mol. The summed E-state index contributed by atoms with van der Waals surface area (Å²) in [4.78, 5) is 12.1. The topological polar surface area (TPSA) is 60.9 Å². The number of benzene rings is 2. The van der Waals surface area contributed by atoms with Crippen molar-refractivity contribution in [2.24, 2.45) is 0 Å². The van der Waals surface area contributed by atoms with Crippen LogP contribution in [0.25, 0.3) is 11.0 Å². The van der Waals surface area contributed by atoms with Gasteiger partial charge in [-0.25, -0.2) is 4.79 Å². The van der Waals surface area contributed by atoms with E-state index in [0.29, 0.717) is 17.3 Å². The van der Waals surface area contributed by atoms with E-state index in [0.717, 1.165) is 34.0 Å². The molecule has 6 heteroatoms. The van der Waals surface area contributed by atoms with Gasteiger partial charge in [-0.2, -0.15) is 0 Å².